The molecule has 0 aromatic heterocycles. The minimum absolute atomic E-state index is 0.260. The van der Waals surface area contributed by atoms with Crippen LogP contribution in [0.25, 0.3) is 0 Å². The second-order valence-electron chi connectivity index (χ2n) is 14.4. The molecule has 14 nitrogen and oxygen atoms in total. The van der Waals surface area contributed by atoms with Crippen molar-refractivity contribution in [3.63, 3.8) is 0 Å². The summed E-state index contributed by atoms with van der Waals surface area (Å²) in [6.45, 7) is 2.61. The van der Waals surface area contributed by atoms with Gasteiger partial charge in [-0.3, -0.25) is 4.79 Å². The lowest BCUT2D eigenvalue weighted by molar-refractivity contribution is -0.359. The maximum absolute atomic E-state index is 12.8. The van der Waals surface area contributed by atoms with Gasteiger partial charge in [0.2, 0.25) is 5.91 Å². The molecular formula is C38H71NO13. The van der Waals surface area contributed by atoms with Gasteiger partial charge in [0, 0.05) is 6.42 Å². The molecule has 0 spiro atoms. The second-order valence-corrected chi connectivity index (χ2v) is 14.4. The van der Waals surface area contributed by atoms with E-state index in [1.54, 1.807) is 6.08 Å². The number of carbonyl (C=O) groups is 1. The highest BCUT2D eigenvalue weighted by molar-refractivity contribution is 5.76. The number of hydrogen-bond acceptors (Lipinski definition) is 13. The fourth-order valence-corrected chi connectivity index (χ4v) is 6.58. The molecule has 2 aliphatic rings. The summed E-state index contributed by atoms with van der Waals surface area (Å²) in [5.74, 6) is -0.260. The summed E-state index contributed by atoms with van der Waals surface area (Å²) in [5.41, 5.74) is 0. The number of nitrogens with one attached hydrogen (secondary N) is 1. The van der Waals surface area contributed by atoms with Crippen molar-refractivity contribution in [2.75, 3.05) is 19.8 Å². The van der Waals surface area contributed by atoms with Crippen molar-refractivity contribution in [3.05, 3.63) is 12.2 Å². The van der Waals surface area contributed by atoms with E-state index in [4.69, 9.17) is 18.9 Å². The second kappa shape index (κ2) is 27.3. The number of unbranched alkanes of at least 4 members (excludes halogenated alkanes) is 15. The third kappa shape index (κ3) is 16.6. The highest BCUT2D eigenvalue weighted by Crippen LogP contribution is 2.29. The number of aliphatic hydroxyl groups is 8. The Balaban J connectivity index is 1.90. The van der Waals surface area contributed by atoms with Crippen LogP contribution in [-0.4, -0.2) is 140 Å². The summed E-state index contributed by atoms with van der Waals surface area (Å²) < 4.78 is 22.4. The Morgan fingerprint density at radius 3 is 1.77 bits per heavy atom. The summed E-state index contributed by atoms with van der Waals surface area (Å²) >= 11 is 0. The lowest BCUT2D eigenvalue weighted by Crippen LogP contribution is -2.65. The number of allylic oxidation sites excluding steroid dienone is 1. The monoisotopic (exact) mass is 749 g/mol. The van der Waals surface area contributed by atoms with E-state index in [-0.39, 0.29) is 18.9 Å². The van der Waals surface area contributed by atoms with Gasteiger partial charge < -0.3 is 65.1 Å². The number of hydrogen-bond donors (Lipinski definition) is 9. The molecule has 306 valence electrons. The maximum atomic E-state index is 12.8. The number of aliphatic hydroxyl groups excluding tert-OH is 8. The molecule has 0 radical (unpaired) electrons. The summed E-state index contributed by atoms with van der Waals surface area (Å²) in [4.78, 5) is 12.8. The first-order valence-corrected chi connectivity index (χ1v) is 19.9. The van der Waals surface area contributed by atoms with Crippen LogP contribution in [0, 0.1) is 0 Å². The molecule has 2 aliphatic heterocycles. The van der Waals surface area contributed by atoms with Gasteiger partial charge in [-0.05, 0) is 19.3 Å². The van der Waals surface area contributed by atoms with Crippen molar-refractivity contribution in [2.24, 2.45) is 0 Å². The molecule has 0 aliphatic carbocycles. The van der Waals surface area contributed by atoms with Gasteiger partial charge in [0.25, 0.3) is 0 Å². The molecule has 9 N–H and O–H groups in total. The van der Waals surface area contributed by atoms with E-state index in [2.05, 4.69) is 19.2 Å². The van der Waals surface area contributed by atoms with Crippen molar-refractivity contribution in [2.45, 2.75) is 203 Å². The highest BCUT2D eigenvalue weighted by Gasteiger charge is 2.50. The largest absolute Gasteiger partial charge is 0.394 e. The zero-order valence-corrected chi connectivity index (χ0v) is 31.6. The van der Waals surface area contributed by atoms with Crippen LogP contribution in [-0.2, 0) is 23.7 Å². The summed E-state index contributed by atoms with van der Waals surface area (Å²) in [5, 5.41) is 85.7. The topological polar surface area (TPSA) is 228 Å². The Kier molecular flexibility index (Phi) is 24.6. The van der Waals surface area contributed by atoms with Crippen LogP contribution < -0.4 is 5.32 Å². The highest BCUT2D eigenvalue weighted by atomic mass is 16.7. The van der Waals surface area contributed by atoms with Crippen LogP contribution >= 0.6 is 0 Å². The molecule has 0 saturated carbocycles. The maximum Gasteiger partial charge on any atom is 0.220 e. The van der Waals surface area contributed by atoms with Gasteiger partial charge in [-0.2, -0.15) is 0 Å². The van der Waals surface area contributed by atoms with Crippen molar-refractivity contribution in [3.8, 4) is 0 Å². The first-order chi connectivity index (χ1) is 25.1. The third-order valence-corrected chi connectivity index (χ3v) is 9.97. The minimum Gasteiger partial charge on any atom is -0.394 e. The Labute approximate surface area is 310 Å². The molecule has 2 rings (SSSR count). The van der Waals surface area contributed by atoms with Crippen molar-refractivity contribution in [1.82, 2.24) is 5.32 Å². The van der Waals surface area contributed by atoms with Crippen LogP contribution in [0.1, 0.15) is 129 Å². The predicted molar refractivity (Wildman–Crippen MR) is 194 cm³/mol. The van der Waals surface area contributed by atoms with Gasteiger partial charge in [0.1, 0.15) is 48.8 Å². The van der Waals surface area contributed by atoms with Crippen molar-refractivity contribution < 1.29 is 64.6 Å². The average Bonchev–Trinajstić information content (AvgIpc) is 3.14. The zero-order valence-electron chi connectivity index (χ0n) is 31.6. The van der Waals surface area contributed by atoms with Crippen LogP contribution in [0.4, 0.5) is 0 Å². The van der Waals surface area contributed by atoms with Gasteiger partial charge in [0.05, 0.1) is 32.0 Å². The lowest BCUT2D eigenvalue weighted by Gasteiger charge is -2.46. The molecule has 12 atom stereocenters. The Bertz CT molecular complexity index is 941. The molecule has 14 heteroatoms. The quantitative estimate of drug-likeness (QED) is 0.0413. The first-order valence-electron chi connectivity index (χ1n) is 19.9. The van der Waals surface area contributed by atoms with Gasteiger partial charge in [-0.25, -0.2) is 0 Å². The van der Waals surface area contributed by atoms with E-state index in [9.17, 15) is 45.6 Å². The smallest absolute Gasteiger partial charge is 0.220 e. The summed E-state index contributed by atoms with van der Waals surface area (Å²) in [6, 6.07) is -0.902. The molecular weight excluding hydrogens is 678 g/mol. The fourth-order valence-electron chi connectivity index (χ4n) is 6.58. The Hall–Kier alpha value is -1.27. The molecule has 1 amide bonds. The van der Waals surface area contributed by atoms with Gasteiger partial charge in [0.15, 0.2) is 12.6 Å². The van der Waals surface area contributed by atoms with E-state index >= 15 is 0 Å². The molecule has 52 heavy (non-hydrogen) atoms. The number of ether oxygens (including phenoxy) is 4. The molecule has 0 aromatic carbocycles. The normalized spacial score (nSPS) is 30.8. The van der Waals surface area contributed by atoms with Crippen molar-refractivity contribution in [1.29, 1.82) is 0 Å². The van der Waals surface area contributed by atoms with E-state index in [1.807, 2.05) is 6.08 Å². The molecule has 0 bridgehead atoms. The zero-order chi connectivity index (χ0) is 38.3. The van der Waals surface area contributed by atoms with E-state index in [1.165, 1.54) is 64.2 Å². The third-order valence-electron chi connectivity index (χ3n) is 9.97. The molecule has 2 fully saturated rings. The van der Waals surface area contributed by atoms with Crippen LogP contribution in [0.2, 0.25) is 0 Å². The Morgan fingerprint density at radius 1 is 0.673 bits per heavy atom. The average molecular weight is 750 g/mol. The van der Waals surface area contributed by atoms with E-state index < -0.39 is 86.8 Å². The first kappa shape index (κ1) is 46.9. The SMILES string of the molecule is CCCCCCCCCCCCCC/C=C/C(O)C(COC1OC(CO)C(OC2OC(CO)C(O)C(O)C2O)C(O)C1O)NC(=O)CCCCCC. The number of amides is 1. The molecule has 2 saturated heterocycles. The molecule has 2 heterocycles. The van der Waals surface area contributed by atoms with Crippen LogP contribution in [0.5, 0.6) is 0 Å². The summed E-state index contributed by atoms with van der Waals surface area (Å²) in [7, 11) is 0. The predicted octanol–water partition coefficient (Wildman–Crippen LogP) is 2.09. The van der Waals surface area contributed by atoms with Gasteiger partial charge >= 0.3 is 0 Å². The van der Waals surface area contributed by atoms with Crippen molar-refractivity contribution >= 4 is 5.91 Å². The van der Waals surface area contributed by atoms with Gasteiger partial charge in [-0.15, -0.1) is 0 Å². The Morgan fingerprint density at radius 2 is 1.19 bits per heavy atom. The lowest BCUT2D eigenvalue weighted by atomic mass is 9.97. The van der Waals surface area contributed by atoms with E-state index in [0.717, 1.165) is 38.5 Å². The summed E-state index contributed by atoms with van der Waals surface area (Å²) in [6.07, 6.45) is 6.28. The molecule has 0 aromatic rings. The van der Waals surface area contributed by atoms with Crippen LogP contribution in [0.15, 0.2) is 12.2 Å². The molecule has 12 unspecified atom stereocenters. The fraction of sp³-hybridized carbons (Fsp3) is 0.921. The van der Waals surface area contributed by atoms with Crippen LogP contribution in [0.3, 0.4) is 0 Å². The standard InChI is InChI=1S/C38H71NO13/c1-3-5-7-9-10-11-12-13-14-15-16-17-18-19-21-27(42)26(39-30(43)22-20-8-6-4-2)25-49-37-35(48)33(46)36(29(24-41)51-37)52-38-34(47)32(45)31(44)28(23-40)50-38/h19,21,26-29,31-38,40-42,44-48H,3-18,20,22-25H2,1-2H3,(H,39,43)/b21-19+. The number of carbonyl (C=O) groups excluding carboxylic acids is 1. The number of rotatable bonds is 28. The van der Waals surface area contributed by atoms with E-state index in [0.29, 0.717) is 6.42 Å². The minimum atomic E-state index is -1.78. The van der Waals surface area contributed by atoms with Gasteiger partial charge in [-0.1, -0.05) is 116 Å².